The number of hydrogen-bond acceptors (Lipinski definition) is 8. The van der Waals surface area contributed by atoms with Gasteiger partial charge in [-0.05, 0) is 18.2 Å². The average molecular weight is 500 g/mol. The molecule has 0 amide bonds. The van der Waals surface area contributed by atoms with Gasteiger partial charge in [0, 0.05) is 22.9 Å². The SMILES string of the molecule is Nc1c(S(=O)(=O)[O-])cc(Nc2cccc(OC(F)(F)F)c2)c2c1C(=O)c1ccccc1C2=O.[Na+]. The zero-order valence-electron chi connectivity index (χ0n) is 17.3. The summed E-state index contributed by atoms with van der Waals surface area (Å²) in [5, 5.41) is 2.60. The molecule has 3 aromatic carbocycles. The molecular formula is C21H12F3N2NaO6S. The number of ether oxygens (including phenoxy) is 1. The molecule has 0 unspecified atom stereocenters. The first kappa shape index (κ1) is 25.7. The third kappa shape index (κ3) is 4.81. The van der Waals surface area contributed by atoms with E-state index in [0.717, 1.165) is 18.2 Å². The summed E-state index contributed by atoms with van der Waals surface area (Å²) in [6, 6.07) is 11.0. The second-order valence-electron chi connectivity index (χ2n) is 6.94. The van der Waals surface area contributed by atoms with E-state index >= 15 is 0 Å². The van der Waals surface area contributed by atoms with E-state index in [2.05, 4.69) is 10.1 Å². The molecule has 13 heteroatoms. The van der Waals surface area contributed by atoms with Crippen LogP contribution in [0.5, 0.6) is 5.75 Å². The zero-order chi connectivity index (χ0) is 24.1. The minimum Gasteiger partial charge on any atom is -0.744 e. The van der Waals surface area contributed by atoms with E-state index in [9.17, 15) is 35.7 Å². The predicted molar refractivity (Wildman–Crippen MR) is 109 cm³/mol. The van der Waals surface area contributed by atoms with Crippen molar-refractivity contribution in [3.05, 3.63) is 76.9 Å². The van der Waals surface area contributed by atoms with Crippen molar-refractivity contribution in [2.45, 2.75) is 11.3 Å². The van der Waals surface area contributed by atoms with Gasteiger partial charge in [0.25, 0.3) is 0 Å². The molecule has 3 N–H and O–H groups in total. The van der Waals surface area contributed by atoms with Crippen LogP contribution >= 0.6 is 0 Å². The summed E-state index contributed by atoms with van der Waals surface area (Å²) in [5.74, 6) is -2.06. The molecule has 1 aliphatic carbocycles. The van der Waals surface area contributed by atoms with E-state index in [-0.39, 0.29) is 57.6 Å². The molecule has 0 spiro atoms. The molecule has 170 valence electrons. The number of nitrogens with one attached hydrogen (secondary N) is 1. The van der Waals surface area contributed by atoms with Crippen LogP contribution in [0.15, 0.2) is 59.5 Å². The fourth-order valence-electron chi connectivity index (χ4n) is 3.53. The summed E-state index contributed by atoms with van der Waals surface area (Å²) in [4.78, 5) is 25.3. The molecule has 3 aromatic rings. The molecule has 0 aliphatic heterocycles. The van der Waals surface area contributed by atoms with Gasteiger partial charge in [0.2, 0.25) is 0 Å². The minimum absolute atomic E-state index is 0. The van der Waals surface area contributed by atoms with Gasteiger partial charge in [0.1, 0.15) is 15.9 Å². The van der Waals surface area contributed by atoms with Gasteiger partial charge < -0.3 is 20.3 Å². The first-order valence-corrected chi connectivity index (χ1v) is 10.5. The Balaban J connectivity index is 0.00000324. The van der Waals surface area contributed by atoms with E-state index in [1.165, 1.54) is 36.4 Å². The van der Waals surface area contributed by atoms with Crippen molar-refractivity contribution in [1.29, 1.82) is 0 Å². The first-order valence-electron chi connectivity index (χ1n) is 9.10. The van der Waals surface area contributed by atoms with Crippen LogP contribution < -0.4 is 45.3 Å². The Morgan fingerprint density at radius 2 is 1.50 bits per heavy atom. The normalized spacial score (nSPS) is 12.9. The number of halogens is 3. The van der Waals surface area contributed by atoms with Gasteiger partial charge in [0.05, 0.1) is 27.4 Å². The number of alkyl halides is 3. The van der Waals surface area contributed by atoms with Crippen molar-refractivity contribution in [2.24, 2.45) is 0 Å². The largest absolute Gasteiger partial charge is 1.00 e. The molecule has 0 atom stereocenters. The van der Waals surface area contributed by atoms with Crippen LogP contribution in [0, 0.1) is 0 Å². The minimum atomic E-state index is -5.18. The van der Waals surface area contributed by atoms with E-state index < -0.39 is 49.9 Å². The maximum atomic E-state index is 13.2. The van der Waals surface area contributed by atoms with Crippen LogP contribution in [0.25, 0.3) is 0 Å². The van der Waals surface area contributed by atoms with Crippen molar-refractivity contribution >= 4 is 38.7 Å². The first-order chi connectivity index (χ1) is 15.4. The molecule has 0 aromatic heterocycles. The Kier molecular flexibility index (Phi) is 6.84. The van der Waals surface area contributed by atoms with Crippen molar-refractivity contribution in [1.82, 2.24) is 0 Å². The standard InChI is InChI=1S/C21H13F3N2O6S.Na/c22-21(23,24)32-11-5-3-4-10(8-11)26-14-9-15(33(29,30)31)18(25)17-16(14)19(27)12-6-1-2-7-13(12)20(17)28;/h1-9,26H,25H2,(H,29,30,31);/q;+1/p-1. The smallest absolute Gasteiger partial charge is 0.744 e. The zero-order valence-corrected chi connectivity index (χ0v) is 20.1. The molecule has 34 heavy (non-hydrogen) atoms. The van der Waals surface area contributed by atoms with Crippen LogP contribution in [0.3, 0.4) is 0 Å². The van der Waals surface area contributed by atoms with Crippen molar-refractivity contribution in [3.63, 3.8) is 0 Å². The Labute approximate surface area is 212 Å². The summed E-state index contributed by atoms with van der Waals surface area (Å²) in [7, 11) is -5.18. The van der Waals surface area contributed by atoms with Crippen molar-refractivity contribution < 1.29 is 70.0 Å². The summed E-state index contributed by atoms with van der Waals surface area (Å²) < 4.78 is 76.8. The third-order valence-electron chi connectivity index (χ3n) is 4.82. The van der Waals surface area contributed by atoms with Crippen LogP contribution in [-0.2, 0) is 10.1 Å². The number of rotatable bonds is 4. The number of nitrogen functional groups attached to an aromatic ring is 1. The van der Waals surface area contributed by atoms with Gasteiger partial charge in [-0.2, -0.15) is 0 Å². The van der Waals surface area contributed by atoms with Crippen LogP contribution in [0.2, 0.25) is 0 Å². The topological polar surface area (TPSA) is 139 Å². The number of hydrogen-bond donors (Lipinski definition) is 2. The molecule has 0 radical (unpaired) electrons. The molecule has 8 nitrogen and oxygen atoms in total. The Morgan fingerprint density at radius 1 is 0.912 bits per heavy atom. The van der Waals surface area contributed by atoms with Gasteiger partial charge in [-0.15, -0.1) is 13.2 Å². The van der Waals surface area contributed by atoms with E-state index in [1.807, 2.05) is 0 Å². The fraction of sp³-hybridized carbons (Fsp3) is 0.0476. The molecule has 0 bridgehead atoms. The number of carbonyl (C=O) groups excluding carboxylic acids is 2. The molecule has 0 heterocycles. The maximum Gasteiger partial charge on any atom is 1.00 e. The number of fused-ring (bicyclic) bond motifs is 2. The van der Waals surface area contributed by atoms with Gasteiger partial charge in [-0.3, -0.25) is 9.59 Å². The van der Waals surface area contributed by atoms with Gasteiger partial charge in [-0.25, -0.2) is 8.42 Å². The molecule has 0 saturated carbocycles. The summed E-state index contributed by atoms with van der Waals surface area (Å²) in [6.45, 7) is 0. The van der Waals surface area contributed by atoms with Crippen molar-refractivity contribution in [3.8, 4) is 5.75 Å². The second-order valence-corrected chi connectivity index (χ2v) is 8.29. The Bertz CT molecular complexity index is 1440. The van der Waals surface area contributed by atoms with Crippen molar-refractivity contribution in [2.75, 3.05) is 11.1 Å². The number of ketones is 2. The number of benzene rings is 3. The van der Waals surface area contributed by atoms with E-state index in [4.69, 9.17) is 5.73 Å². The molecular weight excluding hydrogens is 488 g/mol. The van der Waals surface area contributed by atoms with Gasteiger partial charge >= 0.3 is 35.9 Å². The van der Waals surface area contributed by atoms with E-state index in [0.29, 0.717) is 0 Å². The monoisotopic (exact) mass is 500 g/mol. The quantitative estimate of drug-likeness (QED) is 0.236. The fourth-order valence-corrected chi connectivity index (χ4v) is 4.16. The van der Waals surface area contributed by atoms with Gasteiger partial charge in [-0.1, -0.05) is 30.3 Å². The Hall–Kier alpha value is -2.90. The Morgan fingerprint density at radius 3 is 2.06 bits per heavy atom. The summed E-state index contributed by atoms with van der Waals surface area (Å²) in [6.07, 6.45) is -4.96. The van der Waals surface area contributed by atoms with Gasteiger partial charge in [0.15, 0.2) is 11.6 Å². The molecule has 4 rings (SSSR count). The molecule has 1 aliphatic rings. The van der Waals surface area contributed by atoms with Crippen LogP contribution in [0.4, 0.5) is 30.2 Å². The summed E-state index contributed by atoms with van der Waals surface area (Å²) in [5.41, 5.74) is 3.98. The summed E-state index contributed by atoms with van der Waals surface area (Å²) >= 11 is 0. The van der Waals surface area contributed by atoms with E-state index in [1.54, 1.807) is 0 Å². The number of carbonyl (C=O) groups is 2. The van der Waals surface area contributed by atoms with Crippen LogP contribution in [-0.4, -0.2) is 30.9 Å². The molecule has 0 fully saturated rings. The average Bonchev–Trinajstić information content (AvgIpc) is 2.71. The number of nitrogens with two attached hydrogens (primary N) is 1. The number of anilines is 3. The predicted octanol–water partition coefficient (Wildman–Crippen LogP) is 0.595. The third-order valence-corrected chi connectivity index (χ3v) is 5.69. The maximum absolute atomic E-state index is 13.2. The molecule has 0 saturated heterocycles. The van der Waals surface area contributed by atoms with Crippen LogP contribution in [0.1, 0.15) is 31.8 Å². The second kappa shape index (κ2) is 9.04.